The molecule has 0 saturated carbocycles. The van der Waals surface area contributed by atoms with E-state index in [9.17, 15) is 4.79 Å². The van der Waals surface area contributed by atoms with Crippen LogP contribution in [-0.2, 0) is 24.3 Å². The zero-order valence-electron chi connectivity index (χ0n) is 15.0. The lowest BCUT2D eigenvalue weighted by atomic mass is 10.1. The van der Waals surface area contributed by atoms with Gasteiger partial charge in [-0.25, -0.2) is 9.78 Å². The highest BCUT2D eigenvalue weighted by molar-refractivity contribution is 5.68. The predicted octanol–water partition coefficient (Wildman–Crippen LogP) is 3.95. The van der Waals surface area contributed by atoms with Crippen LogP contribution in [0.15, 0.2) is 42.5 Å². The van der Waals surface area contributed by atoms with Crippen LogP contribution in [0.4, 0.5) is 4.79 Å². The van der Waals surface area contributed by atoms with Crippen molar-refractivity contribution < 1.29 is 14.3 Å². The molecule has 0 unspecified atom stereocenters. The van der Waals surface area contributed by atoms with E-state index in [-0.39, 0.29) is 6.09 Å². The van der Waals surface area contributed by atoms with Gasteiger partial charge in [0.2, 0.25) is 5.88 Å². The number of hydrogen-bond donors (Lipinski definition) is 0. The van der Waals surface area contributed by atoms with Crippen LogP contribution in [0.25, 0.3) is 0 Å². The first-order valence-corrected chi connectivity index (χ1v) is 8.54. The van der Waals surface area contributed by atoms with Gasteiger partial charge < -0.3 is 14.4 Å². The van der Waals surface area contributed by atoms with Crippen molar-refractivity contribution >= 4 is 6.09 Å². The zero-order valence-corrected chi connectivity index (χ0v) is 15.0. The van der Waals surface area contributed by atoms with Gasteiger partial charge in [0.15, 0.2) is 0 Å². The van der Waals surface area contributed by atoms with E-state index in [1.807, 2.05) is 63.2 Å². The van der Waals surface area contributed by atoms with E-state index < -0.39 is 5.60 Å². The smallest absolute Gasteiger partial charge is 0.410 e. The largest absolute Gasteiger partial charge is 0.473 e. The molecule has 1 aliphatic heterocycles. The molecular formula is C20H24N2O3. The Bertz CT molecular complexity index is 738. The molecule has 1 aliphatic rings. The minimum atomic E-state index is -0.495. The van der Waals surface area contributed by atoms with Gasteiger partial charge >= 0.3 is 6.09 Å². The first-order chi connectivity index (χ1) is 11.9. The number of pyridine rings is 1. The third-order valence-electron chi connectivity index (χ3n) is 3.92. The Morgan fingerprint density at radius 3 is 2.64 bits per heavy atom. The molecule has 5 heteroatoms. The molecule has 0 radical (unpaired) electrons. The van der Waals surface area contributed by atoms with E-state index in [4.69, 9.17) is 9.47 Å². The molecule has 132 valence electrons. The van der Waals surface area contributed by atoms with E-state index in [0.717, 1.165) is 23.2 Å². The number of ether oxygens (including phenoxy) is 2. The molecule has 1 aromatic heterocycles. The van der Waals surface area contributed by atoms with Gasteiger partial charge in [0.1, 0.15) is 12.2 Å². The van der Waals surface area contributed by atoms with E-state index in [1.54, 1.807) is 4.90 Å². The van der Waals surface area contributed by atoms with Crippen LogP contribution >= 0.6 is 0 Å². The van der Waals surface area contributed by atoms with Crippen molar-refractivity contribution in [3.8, 4) is 5.88 Å². The molecule has 0 saturated heterocycles. The maximum absolute atomic E-state index is 12.3. The summed E-state index contributed by atoms with van der Waals surface area (Å²) < 4.78 is 11.2. The molecule has 2 aromatic rings. The topological polar surface area (TPSA) is 51.7 Å². The first kappa shape index (κ1) is 17.3. The van der Waals surface area contributed by atoms with Gasteiger partial charge in [-0.2, -0.15) is 0 Å². The Morgan fingerprint density at radius 2 is 1.92 bits per heavy atom. The van der Waals surface area contributed by atoms with Crippen LogP contribution in [0.3, 0.4) is 0 Å². The van der Waals surface area contributed by atoms with Crippen LogP contribution in [0, 0.1) is 0 Å². The fourth-order valence-electron chi connectivity index (χ4n) is 2.68. The summed E-state index contributed by atoms with van der Waals surface area (Å²) in [5.41, 5.74) is 2.64. The number of aromatic nitrogens is 1. The molecule has 5 nitrogen and oxygen atoms in total. The lowest BCUT2D eigenvalue weighted by molar-refractivity contribution is 0.0220. The minimum absolute atomic E-state index is 0.296. The minimum Gasteiger partial charge on any atom is -0.473 e. The van der Waals surface area contributed by atoms with E-state index in [2.05, 4.69) is 4.98 Å². The third kappa shape index (κ3) is 4.72. The van der Waals surface area contributed by atoms with Gasteiger partial charge in [0, 0.05) is 12.6 Å². The molecule has 0 atom stereocenters. The lowest BCUT2D eigenvalue weighted by Gasteiger charge is -2.30. The number of benzene rings is 1. The van der Waals surface area contributed by atoms with Crippen LogP contribution in [0.1, 0.15) is 37.6 Å². The Morgan fingerprint density at radius 1 is 1.16 bits per heavy atom. The average molecular weight is 340 g/mol. The highest BCUT2D eigenvalue weighted by atomic mass is 16.6. The lowest BCUT2D eigenvalue weighted by Crippen LogP contribution is -2.40. The van der Waals surface area contributed by atoms with Crippen molar-refractivity contribution in [3.63, 3.8) is 0 Å². The van der Waals surface area contributed by atoms with Crippen molar-refractivity contribution in [2.75, 3.05) is 6.54 Å². The van der Waals surface area contributed by atoms with Gasteiger partial charge in [-0.15, -0.1) is 0 Å². The van der Waals surface area contributed by atoms with Crippen molar-refractivity contribution in [2.45, 2.75) is 45.9 Å². The second-order valence-electron chi connectivity index (χ2n) is 7.18. The number of carbonyl (C=O) groups is 1. The molecule has 1 amide bonds. The van der Waals surface area contributed by atoms with Crippen LogP contribution in [-0.4, -0.2) is 28.1 Å². The first-order valence-electron chi connectivity index (χ1n) is 8.54. The predicted molar refractivity (Wildman–Crippen MR) is 95.4 cm³/mol. The van der Waals surface area contributed by atoms with Crippen LogP contribution in [0.5, 0.6) is 5.88 Å². The number of carbonyl (C=O) groups excluding carboxylic acids is 1. The van der Waals surface area contributed by atoms with Crippen LogP contribution in [0.2, 0.25) is 0 Å². The molecule has 0 fully saturated rings. The quantitative estimate of drug-likeness (QED) is 0.849. The molecule has 2 heterocycles. The molecule has 25 heavy (non-hydrogen) atoms. The average Bonchev–Trinajstić information content (AvgIpc) is 2.58. The number of amides is 1. The second-order valence-corrected chi connectivity index (χ2v) is 7.18. The highest BCUT2D eigenvalue weighted by Crippen LogP contribution is 2.22. The molecule has 0 N–H and O–H groups in total. The third-order valence-corrected chi connectivity index (χ3v) is 3.92. The number of hydrogen-bond acceptors (Lipinski definition) is 4. The van der Waals surface area contributed by atoms with Gasteiger partial charge in [-0.3, -0.25) is 0 Å². The Balaban J connectivity index is 1.66. The van der Waals surface area contributed by atoms with E-state index in [0.29, 0.717) is 25.6 Å². The standard InChI is InChI=1S/C20H24N2O3/c1-20(2,3)25-19(23)22-12-11-16-9-10-18(21-17(16)13-22)24-14-15-7-5-4-6-8-15/h4-10H,11-14H2,1-3H3. The Hall–Kier alpha value is -2.56. The molecule has 1 aromatic carbocycles. The summed E-state index contributed by atoms with van der Waals surface area (Å²) in [5.74, 6) is 0.577. The summed E-state index contributed by atoms with van der Waals surface area (Å²) in [6, 6.07) is 13.9. The molecule has 3 rings (SSSR count). The maximum Gasteiger partial charge on any atom is 0.410 e. The molecule has 0 aliphatic carbocycles. The van der Waals surface area contributed by atoms with Crippen LogP contribution < -0.4 is 4.74 Å². The summed E-state index contributed by atoms with van der Waals surface area (Å²) in [7, 11) is 0. The summed E-state index contributed by atoms with van der Waals surface area (Å²) in [6.45, 7) is 7.19. The number of rotatable bonds is 3. The number of fused-ring (bicyclic) bond motifs is 1. The fraction of sp³-hybridized carbons (Fsp3) is 0.400. The van der Waals surface area contributed by atoms with Gasteiger partial charge in [0.25, 0.3) is 0 Å². The van der Waals surface area contributed by atoms with E-state index in [1.165, 1.54) is 0 Å². The maximum atomic E-state index is 12.3. The van der Waals surface area contributed by atoms with Gasteiger partial charge in [0.05, 0.1) is 12.2 Å². The SMILES string of the molecule is CC(C)(C)OC(=O)N1CCc2ccc(OCc3ccccc3)nc2C1. The Kier molecular flexibility index (Phi) is 4.93. The highest BCUT2D eigenvalue weighted by Gasteiger charge is 2.26. The van der Waals surface area contributed by atoms with Gasteiger partial charge in [-0.1, -0.05) is 36.4 Å². The molecular weight excluding hydrogens is 316 g/mol. The molecule has 0 bridgehead atoms. The fourth-order valence-corrected chi connectivity index (χ4v) is 2.68. The summed E-state index contributed by atoms with van der Waals surface area (Å²) in [5, 5.41) is 0. The number of nitrogens with zero attached hydrogens (tertiary/aromatic N) is 2. The van der Waals surface area contributed by atoms with Crippen molar-refractivity contribution in [1.82, 2.24) is 9.88 Å². The van der Waals surface area contributed by atoms with Gasteiger partial charge in [-0.05, 0) is 38.3 Å². The van der Waals surface area contributed by atoms with Crippen molar-refractivity contribution in [2.24, 2.45) is 0 Å². The van der Waals surface area contributed by atoms with Crippen molar-refractivity contribution in [1.29, 1.82) is 0 Å². The normalized spacial score (nSPS) is 14.0. The summed E-state index contributed by atoms with van der Waals surface area (Å²) in [6.07, 6.45) is 0.483. The van der Waals surface area contributed by atoms with E-state index >= 15 is 0 Å². The molecule has 0 spiro atoms. The summed E-state index contributed by atoms with van der Waals surface area (Å²) in [4.78, 5) is 18.5. The summed E-state index contributed by atoms with van der Waals surface area (Å²) >= 11 is 0. The second kappa shape index (κ2) is 7.13. The van der Waals surface area contributed by atoms with Crippen molar-refractivity contribution in [3.05, 3.63) is 59.3 Å². The zero-order chi connectivity index (χ0) is 17.9. The Labute approximate surface area is 148 Å². The monoisotopic (exact) mass is 340 g/mol.